The van der Waals surface area contributed by atoms with E-state index in [-0.39, 0.29) is 11.4 Å². The van der Waals surface area contributed by atoms with Gasteiger partial charge in [0.15, 0.2) is 11.5 Å². The van der Waals surface area contributed by atoms with Crippen LogP contribution in [0.3, 0.4) is 0 Å². The molecule has 6 heteroatoms. The summed E-state index contributed by atoms with van der Waals surface area (Å²) < 4.78 is 16.5. The second-order valence-electron chi connectivity index (χ2n) is 7.33. The number of likely N-dealkylation sites (N-methyl/N-ethyl adjacent to an activating group) is 1. The minimum atomic E-state index is -1.60. The molecule has 4 heterocycles. The smallest absolute Gasteiger partial charge is 0.260 e. The Kier molecular flexibility index (Phi) is 2.89. The van der Waals surface area contributed by atoms with E-state index in [0.29, 0.717) is 25.9 Å². The van der Waals surface area contributed by atoms with Gasteiger partial charge < -0.3 is 14.4 Å². The molecule has 1 saturated heterocycles. The van der Waals surface area contributed by atoms with Gasteiger partial charge in [-0.15, -0.1) is 0 Å². The average Bonchev–Trinajstić information content (AvgIpc) is 3.04. The van der Waals surface area contributed by atoms with Crippen molar-refractivity contribution in [2.24, 2.45) is 0 Å². The van der Waals surface area contributed by atoms with E-state index in [4.69, 9.17) is 0 Å². The maximum Gasteiger partial charge on any atom is 0.260 e. The van der Waals surface area contributed by atoms with Crippen molar-refractivity contribution in [3.8, 4) is 5.82 Å². The summed E-state index contributed by atoms with van der Waals surface area (Å²) in [6.45, 7) is 4.07. The number of anilines is 1. The lowest BCUT2D eigenvalue weighted by Gasteiger charge is -2.46. The summed E-state index contributed by atoms with van der Waals surface area (Å²) in [5.74, 6) is 0.597. The van der Waals surface area contributed by atoms with Gasteiger partial charge >= 0.3 is 0 Å². The summed E-state index contributed by atoms with van der Waals surface area (Å²) in [4.78, 5) is 21.2. The second-order valence-corrected chi connectivity index (χ2v) is 7.33. The molecule has 1 spiro atoms. The third-order valence-corrected chi connectivity index (χ3v) is 5.95. The molecule has 1 aliphatic carbocycles. The van der Waals surface area contributed by atoms with Crippen LogP contribution >= 0.6 is 0 Å². The molecular formula is C19H21FN4O. The van der Waals surface area contributed by atoms with Crippen LogP contribution in [0.4, 0.5) is 10.1 Å². The van der Waals surface area contributed by atoms with E-state index in [1.807, 2.05) is 18.3 Å². The molecule has 2 fully saturated rings. The molecule has 3 aliphatic rings. The van der Waals surface area contributed by atoms with Crippen molar-refractivity contribution in [1.29, 1.82) is 0 Å². The van der Waals surface area contributed by atoms with E-state index in [2.05, 4.69) is 33.5 Å². The average molecular weight is 340 g/mol. The van der Waals surface area contributed by atoms with Crippen LogP contribution in [0.25, 0.3) is 5.82 Å². The number of carbonyl (C=O) groups excluding carboxylic acids is 1. The van der Waals surface area contributed by atoms with Crippen molar-refractivity contribution in [1.82, 2.24) is 14.5 Å². The minimum absolute atomic E-state index is 0.310. The van der Waals surface area contributed by atoms with E-state index < -0.39 is 5.67 Å². The number of alkyl halides is 1. The highest BCUT2D eigenvalue weighted by atomic mass is 19.1. The normalized spacial score (nSPS) is 25.8. The number of hydrogen-bond donors (Lipinski definition) is 0. The number of hydrogen-bond acceptors (Lipinski definition) is 3. The van der Waals surface area contributed by atoms with Crippen molar-refractivity contribution in [2.45, 2.75) is 37.4 Å². The van der Waals surface area contributed by atoms with Crippen molar-refractivity contribution in [3.63, 3.8) is 0 Å². The maximum absolute atomic E-state index is 14.3. The monoisotopic (exact) mass is 340 g/mol. The Hall–Kier alpha value is -2.37. The first-order valence-corrected chi connectivity index (χ1v) is 8.98. The lowest BCUT2D eigenvalue weighted by molar-refractivity contribution is -0.137. The molecule has 1 unspecified atom stereocenters. The van der Waals surface area contributed by atoms with Crippen molar-refractivity contribution >= 4 is 11.6 Å². The summed E-state index contributed by atoms with van der Waals surface area (Å²) in [6, 6.07) is 8.16. The fourth-order valence-electron chi connectivity index (χ4n) is 4.57. The Morgan fingerprint density at radius 1 is 1.28 bits per heavy atom. The third kappa shape index (κ3) is 1.88. The number of amides is 1. The number of aromatic nitrogens is 2. The van der Waals surface area contributed by atoms with Gasteiger partial charge in [-0.25, -0.2) is 9.37 Å². The standard InChI is InChI=1S/C19H21FN4O/c1-2-24-14-5-3-10-21-16(14)23-11-4-6-15(23)19(24)9-12-22(13-19)17(25)18(20)7-8-18/h3-6,10-11H,2,7-9,12-13H2,1H3. The van der Waals surface area contributed by atoms with Gasteiger partial charge in [-0.1, -0.05) is 0 Å². The molecule has 130 valence electrons. The molecule has 1 saturated carbocycles. The fourth-order valence-corrected chi connectivity index (χ4v) is 4.57. The van der Waals surface area contributed by atoms with Gasteiger partial charge in [-0.05, 0) is 50.5 Å². The zero-order chi connectivity index (χ0) is 17.2. The molecule has 2 aromatic rings. The number of halogens is 1. The zero-order valence-electron chi connectivity index (χ0n) is 14.3. The predicted molar refractivity (Wildman–Crippen MR) is 92.5 cm³/mol. The van der Waals surface area contributed by atoms with Gasteiger partial charge in [0.1, 0.15) is 0 Å². The molecule has 5 rings (SSSR count). The van der Waals surface area contributed by atoms with E-state index >= 15 is 0 Å². The van der Waals surface area contributed by atoms with Crippen LogP contribution < -0.4 is 4.90 Å². The number of likely N-dealkylation sites (tertiary alicyclic amines) is 1. The van der Waals surface area contributed by atoms with E-state index in [1.165, 1.54) is 0 Å². The van der Waals surface area contributed by atoms with Crippen molar-refractivity contribution in [2.75, 3.05) is 24.5 Å². The van der Waals surface area contributed by atoms with E-state index in [1.54, 1.807) is 11.1 Å². The van der Waals surface area contributed by atoms with Crippen molar-refractivity contribution < 1.29 is 9.18 Å². The highest BCUT2D eigenvalue weighted by molar-refractivity contribution is 5.88. The Morgan fingerprint density at radius 2 is 2.12 bits per heavy atom. The molecule has 0 bridgehead atoms. The van der Waals surface area contributed by atoms with E-state index in [9.17, 15) is 9.18 Å². The van der Waals surface area contributed by atoms with Crippen LogP contribution in [0, 0.1) is 0 Å². The Morgan fingerprint density at radius 3 is 2.88 bits per heavy atom. The van der Waals surface area contributed by atoms with Crippen molar-refractivity contribution in [3.05, 3.63) is 42.4 Å². The van der Waals surface area contributed by atoms with Gasteiger partial charge in [-0.3, -0.25) is 4.79 Å². The number of carbonyl (C=O) groups is 1. The molecule has 0 N–H and O–H groups in total. The molecule has 0 radical (unpaired) electrons. The van der Waals surface area contributed by atoms with Gasteiger partial charge in [0.2, 0.25) is 0 Å². The molecule has 1 amide bonds. The second kappa shape index (κ2) is 4.84. The fraction of sp³-hybridized carbons (Fsp3) is 0.474. The van der Waals surface area contributed by atoms with Crippen LogP contribution in [0.2, 0.25) is 0 Å². The Bertz CT molecular complexity index is 859. The quantitative estimate of drug-likeness (QED) is 0.844. The molecule has 1 atom stereocenters. The summed E-state index contributed by atoms with van der Waals surface area (Å²) in [5.41, 5.74) is 0.303. The van der Waals surface area contributed by atoms with Gasteiger partial charge in [0, 0.05) is 32.0 Å². The highest BCUT2D eigenvalue weighted by Gasteiger charge is 2.57. The predicted octanol–water partition coefficient (Wildman–Crippen LogP) is 2.64. The zero-order valence-corrected chi connectivity index (χ0v) is 14.3. The molecule has 0 aromatic carbocycles. The molecule has 2 aliphatic heterocycles. The number of rotatable bonds is 2. The number of fused-ring (bicyclic) bond motifs is 4. The first kappa shape index (κ1) is 14.9. The van der Waals surface area contributed by atoms with E-state index in [0.717, 1.165) is 30.2 Å². The van der Waals surface area contributed by atoms with Crippen LogP contribution in [-0.4, -0.2) is 45.7 Å². The van der Waals surface area contributed by atoms with Gasteiger partial charge in [0.25, 0.3) is 5.91 Å². The minimum Gasteiger partial charge on any atom is -0.356 e. The highest BCUT2D eigenvalue weighted by Crippen LogP contribution is 2.49. The van der Waals surface area contributed by atoms with Gasteiger partial charge in [-0.2, -0.15) is 0 Å². The van der Waals surface area contributed by atoms with Crippen LogP contribution in [0.5, 0.6) is 0 Å². The summed E-state index contributed by atoms with van der Waals surface area (Å²) >= 11 is 0. The number of nitrogens with zero attached hydrogens (tertiary/aromatic N) is 4. The van der Waals surface area contributed by atoms with Crippen LogP contribution in [0.1, 0.15) is 31.9 Å². The largest absolute Gasteiger partial charge is 0.356 e. The first-order chi connectivity index (χ1) is 12.1. The molecular weight excluding hydrogens is 319 g/mol. The Balaban J connectivity index is 1.61. The lowest BCUT2D eigenvalue weighted by Crippen LogP contribution is -2.53. The number of pyridine rings is 1. The van der Waals surface area contributed by atoms with Gasteiger partial charge in [0.05, 0.1) is 16.9 Å². The maximum atomic E-state index is 14.3. The van der Waals surface area contributed by atoms with Crippen LogP contribution in [0.15, 0.2) is 36.7 Å². The molecule has 25 heavy (non-hydrogen) atoms. The summed E-state index contributed by atoms with van der Waals surface area (Å²) in [6.07, 6.45) is 5.38. The molecule has 2 aromatic heterocycles. The topological polar surface area (TPSA) is 41.4 Å². The summed E-state index contributed by atoms with van der Waals surface area (Å²) in [5, 5.41) is 0. The third-order valence-electron chi connectivity index (χ3n) is 5.95. The SMILES string of the molecule is CCN1c2cccnc2-n2cccc2C12CCN(C(=O)C1(F)CC1)C2. The van der Waals surface area contributed by atoms with Crippen LogP contribution in [-0.2, 0) is 10.3 Å². The summed E-state index contributed by atoms with van der Waals surface area (Å²) in [7, 11) is 0. The lowest BCUT2D eigenvalue weighted by atomic mass is 9.89. The Labute approximate surface area is 146 Å². The first-order valence-electron chi connectivity index (χ1n) is 8.98. The molecule has 5 nitrogen and oxygen atoms in total.